The van der Waals surface area contributed by atoms with E-state index in [1.165, 1.54) is 20.5 Å². The van der Waals surface area contributed by atoms with Gasteiger partial charge in [0.25, 0.3) is 0 Å². The number of esters is 1. The van der Waals surface area contributed by atoms with Crippen LogP contribution in [0.15, 0.2) is 31.0 Å². The van der Waals surface area contributed by atoms with Gasteiger partial charge in [-0.15, -0.1) is 0 Å². The van der Waals surface area contributed by atoms with E-state index in [0.29, 0.717) is 17.1 Å². The van der Waals surface area contributed by atoms with E-state index in [1.807, 2.05) is 0 Å². The van der Waals surface area contributed by atoms with Crippen molar-refractivity contribution in [1.29, 1.82) is 0 Å². The molecule has 0 radical (unpaired) electrons. The van der Waals surface area contributed by atoms with Crippen molar-refractivity contribution in [3.63, 3.8) is 0 Å². The molecule has 0 aliphatic carbocycles. The molecule has 4 heteroatoms. The Morgan fingerprint density at radius 1 is 1.40 bits per heavy atom. The van der Waals surface area contributed by atoms with Gasteiger partial charge in [-0.1, -0.05) is 6.58 Å². The number of hydrogen-bond acceptors (Lipinski definition) is 4. The third-order valence-corrected chi connectivity index (χ3v) is 1.80. The highest BCUT2D eigenvalue weighted by Crippen LogP contribution is 2.25. The maximum atomic E-state index is 11.3. The molecule has 0 bridgehead atoms. The molecule has 15 heavy (non-hydrogen) atoms. The topological polar surface area (TPSA) is 44.8 Å². The second-order valence-electron chi connectivity index (χ2n) is 2.64. The molecule has 80 valence electrons. The monoisotopic (exact) mass is 208 g/mol. The molecule has 0 unspecified atom stereocenters. The molecule has 1 rings (SSSR count). The van der Waals surface area contributed by atoms with Crippen molar-refractivity contribution in [2.24, 2.45) is 0 Å². The van der Waals surface area contributed by atoms with E-state index >= 15 is 0 Å². The summed E-state index contributed by atoms with van der Waals surface area (Å²) in [6, 6.07) is 4.82. The standard InChI is InChI=1S/C11H12O4/c1-4-15-10-7-8(13-2)5-6-9(10)11(12)14-3/h4-7H,1H2,2-3H3. The van der Waals surface area contributed by atoms with Crippen LogP contribution in [-0.4, -0.2) is 20.2 Å². The van der Waals surface area contributed by atoms with Gasteiger partial charge in [-0.2, -0.15) is 0 Å². The smallest absolute Gasteiger partial charge is 0.341 e. The Labute approximate surface area is 88.1 Å². The lowest BCUT2D eigenvalue weighted by molar-refractivity contribution is 0.0598. The van der Waals surface area contributed by atoms with Crippen LogP contribution in [0.3, 0.4) is 0 Å². The quantitative estimate of drug-likeness (QED) is 0.560. The molecule has 0 aliphatic heterocycles. The number of hydrogen-bond donors (Lipinski definition) is 0. The molecule has 1 aromatic rings. The Hall–Kier alpha value is -1.97. The Morgan fingerprint density at radius 2 is 2.13 bits per heavy atom. The first-order valence-corrected chi connectivity index (χ1v) is 4.26. The van der Waals surface area contributed by atoms with Crippen LogP contribution in [0.2, 0.25) is 0 Å². The van der Waals surface area contributed by atoms with Crippen LogP contribution in [0.1, 0.15) is 10.4 Å². The minimum atomic E-state index is -0.463. The summed E-state index contributed by atoms with van der Waals surface area (Å²) in [4.78, 5) is 11.3. The van der Waals surface area contributed by atoms with Gasteiger partial charge >= 0.3 is 5.97 Å². The van der Waals surface area contributed by atoms with Crippen LogP contribution in [0.25, 0.3) is 0 Å². The zero-order valence-corrected chi connectivity index (χ0v) is 8.65. The van der Waals surface area contributed by atoms with Gasteiger partial charge in [-0.3, -0.25) is 0 Å². The summed E-state index contributed by atoms with van der Waals surface area (Å²) < 4.78 is 14.7. The lowest BCUT2D eigenvalue weighted by atomic mass is 10.2. The number of carbonyl (C=O) groups is 1. The first-order chi connectivity index (χ1) is 7.22. The van der Waals surface area contributed by atoms with Crippen LogP contribution in [0.5, 0.6) is 11.5 Å². The first-order valence-electron chi connectivity index (χ1n) is 4.26. The summed E-state index contributed by atoms with van der Waals surface area (Å²) in [6.45, 7) is 3.42. The van der Waals surface area contributed by atoms with Crippen molar-refractivity contribution < 1.29 is 19.0 Å². The molecule has 0 spiro atoms. The number of carbonyl (C=O) groups excluding carboxylic acids is 1. The Bertz CT molecular complexity index is 371. The summed E-state index contributed by atoms with van der Waals surface area (Å²) in [6.07, 6.45) is 1.24. The van der Waals surface area contributed by atoms with Gasteiger partial charge in [0, 0.05) is 6.07 Å². The van der Waals surface area contributed by atoms with E-state index in [9.17, 15) is 4.79 Å². The van der Waals surface area contributed by atoms with Gasteiger partial charge in [-0.25, -0.2) is 4.79 Å². The average Bonchev–Trinajstić information content (AvgIpc) is 2.28. The Morgan fingerprint density at radius 3 is 2.67 bits per heavy atom. The highest BCUT2D eigenvalue weighted by atomic mass is 16.5. The third-order valence-electron chi connectivity index (χ3n) is 1.80. The molecule has 0 amide bonds. The number of rotatable bonds is 4. The second-order valence-corrected chi connectivity index (χ2v) is 2.64. The van der Waals surface area contributed by atoms with Crippen LogP contribution in [0, 0.1) is 0 Å². The fourth-order valence-electron chi connectivity index (χ4n) is 1.10. The SMILES string of the molecule is C=COc1cc(OC)ccc1C(=O)OC. The lowest BCUT2D eigenvalue weighted by Gasteiger charge is -2.08. The summed E-state index contributed by atoms with van der Waals surface area (Å²) in [5.41, 5.74) is 0.332. The lowest BCUT2D eigenvalue weighted by Crippen LogP contribution is -2.03. The van der Waals surface area contributed by atoms with Crippen molar-refractivity contribution in [1.82, 2.24) is 0 Å². The second kappa shape index (κ2) is 5.05. The molecule has 0 saturated heterocycles. The van der Waals surface area contributed by atoms with E-state index in [1.54, 1.807) is 18.2 Å². The molecule has 1 aromatic carbocycles. The van der Waals surface area contributed by atoms with Gasteiger partial charge < -0.3 is 14.2 Å². The molecule has 0 saturated carbocycles. The van der Waals surface area contributed by atoms with Crippen LogP contribution >= 0.6 is 0 Å². The predicted octanol–water partition coefficient (Wildman–Crippen LogP) is 2.00. The summed E-state index contributed by atoms with van der Waals surface area (Å²) in [5, 5.41) is 0. The van der Waals surface area contributed by atoms with Crippen molar-refractivity contribution in [2.45, 2.75) is 0 Å². The number of methoxy groups -OCH3 is 2. The third kappa shape index (κ3) is 2.49. The highest BCUT2D eigenvalue weighted by molar-refractivity contribution is 5.92. The molecule has 0 aromatic heterocycles. The molecule has 4 nitrogen and oxygen atoms in total. The van der Waals surface area contributed by atoms with E-state index in [-0.39, 0.29) is 0 Å². The van der Waals surface area contributed by atoms with E-state index in [4.69, 9.17) is 9.47 Å². The van der Waals surface area contributed by atoms with Crippen LogP contribution < -0.4 is 9.47 Å². The van der Waals surface area contributed by atoms with Gasteiger partial charge in [-0.05, 0) is 12.1 Å². The molecule has 0 N–H and O–H groups in total. The van der Waals surface area contributed by atoms with Crippen molar-refractivity contribution in [3.05, 3.63) is 36.6 Å². The highest BCUT2D eigenvalue weighted by Gasteiger charge is 2.13. The van der Waals surface area contributed by atoms with Gasteiger partial charge in [0.05, 0.1) is 20.5 Å². The number of ether oxygens (including phenoxy) is 3. The predicted molar refractivity (Wildman–Crippen MR) is 55.2 cm³/mol. The van der Waals surface area contributed by atoms with Gasteiger partial charge in [0.15, 0.2) is 0 Å². The first kappa shape index (κ1) is 11.1. The fraction of sp³-hybridized carbons (Fsp3) is 0.182. The van der Waals surface area contributed by atoms with E-state index < -0.39 is 5.97 Å². The number of benzene rings is 1. The Balaban J connectivity index is 3.13. The molecule has 0 atom stereocenters. The summed E-state index contributed by atoms with van der Waals surface area (Å²) in [7, 11) is 2.84. The normalized spacial score (nSPS) is 9.20. The summed E-state index contributed by atoms with van der Waals surface area (Å²) >= 11 is 0. The minimum Gasteiger partial charge on any atom is -0.497 e. The van der Waals surface area contributed by atoms with Crippen LogP contribution in [-0.2, 0) is 4.74 Å². The Kier molecular flexibility index (Phi) is 3.74. The average molecular weight is 208 g/mol. The van der Waals surface area contributed by atoms with Gasteiger partial charge in [0.1, 0.15) is 17.1 Å². The molecule has 0 aliphatic rings. The largest absolute Gasteiger partial charge is 0.497 e. The molecule has 0 heterocycles. The van der Waals surface area contributed by atoms with Crippen molar-refractivity contribution in [3.8, 4) is 11.5 Å². The van der Waals surface area contributed by atoms with Crippen LogP contribution in [0.4, 0.5) is 0 Å². The van der Waals surface area contributed by atoms with E-state index in [2.05, 4.69) is 11.3 Å². The maximum Gasteiger partial charge on any atom is 0.341 e. The maximum absolute atomic E-state index is 11.3. The van der Waals surface area contributed by atoms with Gasteiger partial charge in [0.2, 0.25) is 0 Å². The zero-order valence-electron chi connectivity index (χ0n) is 8.65. The summed E-state index contributed by atoms with van der Waals surface area (Å²) in [5.74, 6) is 0.491. The molecular weight excluding hydrogens is 196 g/mol. The minimum absolute atomic E-state index is 0.332. The fourth-order valence-corrected chi connectivity index (χ4v) is 1.10. The molecular formula is C11H12O4. The van der Waals surface area contributed by atoms with Crippen molar-refractivity contribution in [2.75, 3.05) is 14.2 Å². The zero-order chi connectivity index (χ0) is 11.3. The van der Waals surface area contributed by atoms with Crippen molar-refractivity contribution >= 4 is 5.97 Å². The molecule has 0 fully saturated rings. The van der Waals surface area contributed by atoms with E-state index in [0.717, 1.165) is 0 Å².